The molecular formula is C20H45NO. The van der Waals surface area contributed by atoms with E-state index in [0.29, 0.717) is 0 Å². The quantitative estimate of drug-likeness (QED) is 0.406. The Morgan fingerprint density at radius 1 is 0.500 bits per heavy atom. The molecule has 2 heteroatoms. The van der Waals surface area contributed by atoms with E-state index in [1.165, 1.54) is 82.0 Å². The van der Waals surface area contributed by atoms with E-state index in [1.807, 2.05) is 6.92 Å². The van der Waals surface area contributed by atoms with Crippen LogP contribution in [0.1, 0.15) is 98.8 Å². The zero-order valence-corrected chi connectivity index (χ0v) is 16.5. The number of hydrogen-bond donors (Lipinski definition) is 0. The molecule has 22 heavy (non-hydrogen) atoms. The summed E-state index contributed by atoms with van der Waals surface area (Å²) >= 11 is 0. The molecule has 0 aliphatic rings. The van der Waals surface area contributed by atoms with E-state index in [-0.39, 0.29) is 6.61 Å². The van der Waals surface area contributed by atoms with E-state index in [0.717, 1.165) is 12.8 Å². The SMILES string of the molecule is CCCC[N+](CCCC)(CCCC)CCCC.CCCC[O-]. The van der Waals surface area contributed by atoms with Crippen LogP contribution < -0.4 is 5.11 Å². The molecule has 0 aliphatic carbocycles. The van der Waals surface area contributed by atoms with Crippen molar-refractivity contribution in [2.75, 3.05) is 32.8 Å². The molecule has 2 nitrogen and oxygen atoms in total. The first-order valence-corrected chi connectivity index (χ1v) is 10.1. The van der Waals surface area contributed by atoms with Gasteiger partial charge in [0, 0.05) is 0 Å². The lowest BCUT2D eigenvalue weighted by Gasteiger charge is -2.39. The van der Waals surface area contributed by atoms with E-state index in [1.54, 1.807) is 0 Å². The molecule has 0 radical (unpaired) electrons. The van der Waals surface area contributed by atoms with Crippen LogP contribution in [0.3, 0.4) is 0 Å². The molecule has 0 spiro atoms. The standard InChI is InChI=1S/C16H36N.C4H9O/c1-5-9-13-17(14-10-6-2,15-11-7-3)16-12-8-4;1-2-3-4-5/h5-16H2,1-4H3;2-4H2,1H3/q+1;-1. The lowest BCUT2D eigenvalue weighted by molar-refractivity contribution is -0.929. The van der Waals surface area contributed by atoms with Gasteiger partial charge < -0.3 is 9.59 Å². The van der Waals surface area contributed by atoms with Crippen LogP contribution in [0, 0.1) is 0 Å². The maximum absolute atomic E-state index is 9.53. The van der Waals surface area contributed by atoms with Gasteiger partial charge in [0.1, 0.15) is 0 Å². The second-order valence-electron chi connectivity index (χ2n) is 6.71. The zero-order chi connectivity index (χ0) is 17.1. The highest BCUT2D eigenvalue weighted by Gasteiger charge is 2.24. The van der Waals surface area contributed by atoms with Gasteiger partial charge in [0.25, 0.3) is 0 Å². The van der Waals surface area contributed by atoms with Crippen LogP contribution in [0.2, 0.25) is 0 Å². The summed E-state index contributed by atoms with van der Waals surface area (Å²) < 4.78 is 1.42. The maximum atomic E-state index is 9.53. The molecule has 0 aromatic rings. The monoisotopic (exact) mass is 315 g/mol. The number of quaternary nitrogens is 1. The number of hydrogen-bond acceptors (Lipinski definition) is 1. The third kappa shape index (κ3) is 14.8. The molecule has 0 aromatic heterocycles. The normalized spacial score (nSPS) is 11.2. The van der Waals surface area contributed by atoms with Gasteiger partial charge in [-0.2, -0.15) is 0 Å². The minimum atomic E-state index is 0.0938. The summed E-state index contributed by atoms with van der Waals surface area (Å²) in [6.07, 6.45) is 12.9. The van der Waals surface area contributed by atoms with Gasteiger partial charge in [0.05, 0.1) is 26.2 Å². The van der Waals surface area contributed by atoms with Gasteiger partial charge in [-0.05, 0) is 25.7 Å². The smallest absolute Gasteiger partial charge is 0.0786 e. The van der Waals surface area contributed by atoms with Crippen molar-refractivity contribution in [1.29, 1.82) is 0 Å². The van der Waals surface area contributed by atoms with Crippen LogP contribution in [0.4, 0.5) is 0 Å². The van der Waals surface area contributed by atoms with Crippen molar-refractivity contribution in [2.24, 2.45) is 0 Å². The van der Waals surface area contributed by atoms with E-state index >= 15 is 0 Å². The molecule has 0 aromatic carbocycles. The van der Waals surface area contributed by atoms with E-state index in [2.05, 4.69) is 27.7 Å². The summed E-state index contributed by atoms with van der Waals surface area (Å²) in [5.41, 5.74) is 0. The van der Waals surface area contributed by atoms with Crippen LogP contribution in [-0.2, 0) is 0 Å². The Hall–Kier alpha value is -0.0800. The lowest BCUT2D eigenvalue weighted by Crippen LogP contribution is -2.50. The molecule has 0 bridgehead atoms. The Balaban J connectivity index is 0. The van der Waals surface area contributed by atoms with Crippen molar-refractivity contribution >= 4 is 0 Å². The predicted octanol–water partition coefficient (Wildman–Crippen LogP) is 5.15. The fourth-order valence-corrected chi connectivity index (χ4v) is 2.79. The van der Waals surface area contributed by atoms with Gasteiger partial charge in [0.2, 0.25) is 0 Å². The number of nitrogens with zero attached hydrogens (tertiary/aromatic N) is 1. The first kappa shape index (κ1) is 24.2. The van der Waals surface area contributed by atoms with Gasteiger partial charge in [0.15, 0.2) is 0 Å². The largest absolute Gasteiger partial charge is 0.854 e. The molecule has 0 atom stereocenters. The Morgan fingerprint density at radius 2 is 0.773 bits per heavy atom. The topological polar surface area (TPSA) is 23.1 Å². The van der Waals surface area contributed by atoms with Crippen molar-refractivity contribution in [1.82, 2.24) is 0 Å². The highest BCUT2D eigenvalue weighted by molar-refractivity contribution is 4.49. The molecule has 136 valence electrons. The Labute approximate surface area is 141 Å². The minimum absolute atomic E-state index is 0.0938. The first-order chi connectivity index (χ1) is 10.7. The number of unbranched alkanes of at least 4 members (excludes halogenated alkanes) is 5. The van der Waals surface area contributed by atoms with Crippen molar-refractivity contribution < 1.29 is 9.59 Å². The van der Waals surface area contributed by atoms with Crippen molar-refractivity contribution in [2.45, 2.75) is 98.8 Å². The van der Waals surface area contributed by atoms with Crippen molar-refractivity contribution in [3.63, 3.8) is 0 Å². The molecule has 0 saturated heterocycles. The fraction of sp³-hybridized carbons (Fsp3) is 1.00. The summed E-state index contributed by atoms with van der Waals surface area (Å²) in [5.74, 6) is 0. The maximum Gasteiger partial charge on any atom is 0.0786 e. The molecule has 0 saturated carbocycles. The highest BCUT2D eigenvalue weighted by Crippen LogP contribution is 2.16. The summed E-state index contributed by atoms with van der Waals surface area (Å²) in [7, 11) is 0. The highest BCUT2D eigenvalue weighted by atomic mass is 16.2. The Bertz CT molecular complexity index is 155. The minimum Gasteiger partial charge on any atom is -0.854 e. The molecular weight excluding hydrogens is 270 g/mol. The zero-order valence-electron chi connectivity index (χ0n) is 16.5. The summed E-state index contributed by atoms with van der Waals surface area (Å²) in [6, 6.07) is 0. The second kappa shape index (κ2) is 19.0. The van der Waals surface area contributed by atoms with Gasteiger partial charge >= 0.3 is 0 Å². The first-order valence-electron chi connectivity index (χ1n) is 10.1. The molecule has 0 N–H and O–H groups in total. The average Bonchev–Trinajstić information content (AvgIpc) is 2.55. The summed E-state index contributed by atoms with van der Waals surface area (Å²) in [6.45, 7) is 17.1. The molecule has 0 unspecified atom stereocenters. The van der Waals surface area contributed by atoms with Crippen molar-refractivity contribution in [3.8, 4) is 0 Å². The van der Waals surface area contributed by atoms with Crippen LogP contribution in [-0.4, -0.2) is 37.3 Å². The molecule has 0 amide bonds. The molecule has 0 fully saturated rings. The average molecular weight is 316 g/mol. The fourth-order valence-electron chi connectivity index (χ4n) is 2.79. The summed E-state index contributed by atoms with van der Waals surface area (Å²) in [4.78, 5) is 0. The van der Waals surface area contributed by atoms with Crippen LogP contribution >= 0.6 is 0 Å². The third-order valence-electron chi connectivity index (χ3n) is 4.44. The lowest BCUT2D eigenvalue weighted by atomic mass is 10.1. The van der Waals surface area contributed by atoms with Crippen molar-refractivity contribution in [3.05, 3.63) is 0 Å². The van der Waals surface area contributed by atoms with E-state index in [4.69, 9.17) is 0 Å². The van der Waals surface area contributed by atoms with Crippen LogP contribution in [0.5, 0.6) is 0 Å². The molecule has 0 rings (SSSR count). The Morgan fingerprint density at radius 3 is 0.909 bits per heavy atom. The van der Waals surface area contributed by atoms with Gasteiger partial charge in [-0.3, -0.25) is 0 Å². The van der Waals surface area contributed by atoms with E-state index in [9.17, 15) is 5.11 Å². The number of rotatable bonds is 14. The third-order valence-corrected chi connectivity index (χ3v) is 4.44. The van der Waals surface area contributed by atoms with Gasteiger partial charge in [-0.1, -0.05) is 73.1 Å². The molecule has 0 heterocycles. The Kier molecular flexibility index (Phi) is 20.8. The van der Waals surface area contributed by atoms with Gasteiger partial charge in [-0.15, -0.1) is 6.61 Å². The second-order valence-corrected chi connectivity index (χ2v) is 6.71. The van der Waals surface area contributed by atoms with Crippen LogP contribution in [0.25, 0.3) is 0 Å². The summed E-state index contributed by atoms with van der Waals surface area (Å²) in [5, 5.41) is 9.53. The molecule has 0 aliphatic heterocycles. The van der Waals surface area contributed by atoms with Gasteiger partial charge in [-0.25, -0.2) is 0 Å². The van der Waals surface area contributed by atoms with E-state index < -0.39 is 0 Å². The predicted molar refractivity (Wildman–Crippen MR) is 99.1 cm³/mol. The van der Waals surface area contributed by atoms with Crippen LogP contribution in [0.15, 0.2) is 0 Å².